The fourth-order valence-electron chi connectivity index (χ4n) is 1.57. The minimum absolute atomic E-state index is 0.136. The van der Waals surface area contributed by atoms with E-state index in [9.17, 15) is 18.0 Å². The Labute approximate surface area is 114 Å². The van der Waals surface area contributed by atoms with Gasteiger partial charge in [0.05, 0.1) is 0 Å². The Balaban J connectivity index is 5.06. The van der Waals surface area contributed by atoms with Gasteiger partial charge in [-0.2, -0.15) is 0 Å². The van der Waals surface area contributed by atoms with Crippen LogP contribution in [0.2, 0.25) is 0 Å². The normalized spacial score (nSPS) is 15.6. The van der Waals surface area contributed by atoms with Crippen LogP contribution in [-0.4, -0.2) is 41.4 Å². The van der Waals surface area contributed by atoms with Crippen molar-refractivity contribution in [3.8, 4) is 0 Å². The highest BCUT2D eigenvalue weighted by atomic mass is 32.2. The number of sulfone groups is 1. The Morgan fingerprint density at radius 2 is 1.74 bits per heavy atom. The van der Waals surface area contributed by atoms with Crippen LogP contribution in [0.25, 0.3) is 0 Å². The number of hydrogen-bond acceptors (Lipinski definition) is 4. The Hall–Kier alpha value is -1.11. The average Bonchev–Trinajstić information content (AvgIpc) is 2.27. The molecule has 0 radical (unpaired) electrons. The van der Waals surface area contributed by atoms with Crippen molar-refractivity contribution in [1.82, 2.24) is 5.32 Å². The molecule has 0 saturated heterocycles. The van der Waals surface area contributed by atoms with E-state index >= 15 is 0 Å². The van der Waals surface area contributed by atoms with Gasteiger partial charge in [-0.1, -0.05) is 13.3 Å². The maximum Gasteiger partial charge on any atom is 0.324 e. The number of carboxylic acids is 1. The summed E-state index contributed by atoms with van der Waals surface area (Å²) in [6, 6.07) is -0.136. The van der Waals surface area contributed by atoms with Gasteiger partial charge in [-0.3, -0.25) is 9.59 Å². The highest BCUT2D eigenvalue weighted by Crippen LogP contribution is 2.22. The molecule has 7 heteroatoms. The van der Waals surface area contributed by atoms with Crippen LogP contribution in [-0.2, 0) is 19.4 Å². The van der Waals surface area contributed by atoms with Crippen molar-refractivity contribution in [2.24, 2.45) is 0 Å². The average molecular weight is 293 g/mol. The lowest BCUT2D eigenvalue weighted by molar-refractivity contribution is -0.139. The van der Waals surface area contributed by atoms with Crippen LogP contribution in [0.3, 0.4) is 0 Å². The number of nitrogens with one attached hydrogen (secondary N) is 1. The Morgan fingerprint density at radius 1 is 1.26 bits per heavy atom. The zero-order chi connectivity index (χ0) is 15.4. The van der Waals surface area contributed by atoms with Gasteiger partial charge in [0, 0.05) is 6.04 Å². The van der Waals surface area contributed by atoms with E-state index < -0.39 is 31.7 Å². The first kappa shape index (κ1) is 17.9. The van der Waals surface area contributed by atoms with Gasteiger partial charge >= 0.3 is 5.97 Å². The molecule has 0 bridgehead atoms. The molecule has 19 heavy (non-hydrogen) atoms. The molecule has 0 aromatic heterocycles. The number of carbonyl (C=O) groups excluding carboxylic acids is 1. The van der Waals surface area contributed by atoms with Crippen molar-refractivity contribution in [2.75, 3.05) is 0 Å². The summed E-state index contributed by atoms with van der Waals surface area (Å²) in [6.07, 6.45) is 1.60. The maximum absolute atomic E-state index is 12.1. The van der Waals surface area contributed by atoms with E-state index in [4.69, 9.17) is 5.11 Å². The van der Waals surface area contributed by atoms with Crippen LogP contribution < -0.4 is 5.32 Å². The third-order valence-corrected chi connectivity index (χ3v) is 5.91. The van der Waals surface area contributed by atoms with Gasteiger partial charge in [0.2, 0.25) is 5.91 Å². The van der Waals surface area contributed by atoms with Gasteiger partial charge in [0.25, 0.3) is 0 Å². The van der Waals surface area contributed by atoms with Crippen molar-refractivity contribution >= 4 is 21.7 Å². The van der Waals surface area contributed by atoms with Crippen LogP contribution in [0.1, 0.15) is 47.5 Å². The second-order valence-electron chi connectivity index (χ2n) is 5.20. The van der Waals surface area contributed by atoms with Crippen molar-refractivity contribution in [3.63, 3.8) is 0 Å². The summed E-state index contributed by atoms with van der Waals surface area (Å²) >= 11 is 0. The van der Waals surface area contributed by atoms with E-state index in [1.807, 2.05) is 6.92 Å². The predicted molar refractivity (Wildman–Crippen MR) is 72.6 cm³/mol. The molecule has 0 heterocycles. The largest absolute Gasteiger partial charge is 0.480 e. The van der Waals surface area contributed by atoms with Crippen molar-refractivity contribution in [2.45, 2.75) is 63.5 Å². The van der Waals surface area contributed by atoms with Crippen molar-refractivity contribution in [3.05, 3.63) is 0 Å². The summed E-state index contributed by atoms with van der Waals surface area (Å²) in [6.45, 7) is 7.13. The number of carbonyl (C=O) groups is 2. The summed E-state index contributed by atoms with van der Waals surface area (Å²) in [4.78, 5) is 22.9. The van der Waals surface area contributed by atoms with Crippen molar-refractivity contribution < 1.29 is 23.1 Å². The standard InChI is InChI=1S/C12H23NO5S/c1-6-7-8(2)13-10(14)9(3)19(17,18)12(4,5)11(15)16/h8-9H,6-7H2,1-5H3,(H,13,14)(H,15,16). The van der Waals surface area contributed by atoms with E-state index in [0.717, 1.165) is 26.7 Å². The molecule has 0 spiro atoms. The minimum atomic E-state index is -4.11. The van der Waals surface area contributed by atoms with Gasteiger partial charge in [-0.25, -0.2) is 8.42 Å². The molecule has 0 aromatic carbocycles. The molecule has 2 N–H and O–H groups in total. The molecule has 2 unspecified atom stereocenters. The summed E-state index contributed by atoms with van der Waals surface area (Å²) in [7, 11) is -4.11. The van der Waals surface area contributed by atoms with Crippen LogP contribution in [0.5, 0.6) is 0 Å². The molecule has 0 aliphatic heterocycles. The van der Waals surface area contributed by atoms with E-state index in [-0.39, 0.29) is 6.04 Å². The van der Waals surface area contributed by atoms with Crippen LogP contribution in [0, 0.1) is 0 Å². The van der Waals surface area contributed by atoms with E-state index in [2.05, 4.69) is 5.32 Å². The Bertz CT molecular complexity index is 441. The number of hydrogen-bond donors (Lipinski definition) is 2. The first-order chi connectivity index (χ1) is 8.48. The lowest BCUT2D eigenvalue weighted by Crippen LogP contribution is -2.51. The van der Waals surface area contributed by atoms with Gasteiger partial charge < -0.3 is 10.4 Å². The quantitative estimate of drug-likeness (QED) is 0.728. The fraction of sp³-hybridized carbons (Fsp3) is 0.833. The molecule has 112 valence electrons. The second-order valence-corrected chi connectivity index (χ2v) is 8.02. The topological polar surface area (TPSA) is 101 Å². The van der Waals surface area contributed by atoms with Crippen LogP contribution in [0.4, 0.5) is 0 Å². The lowest BCUT2D eigenvalue weighted by atomic mass is 10.2. The monoisotopic (exact) mass is 293 g/mol. The first-order valence-corrected chi connectivity index (χ1v) is 7.80. The smallest absolute Gasteiger partial charge is 0.324 e. The Morgan fingerprint density at radius 3 is 2.11 bits per heavy atom. The molecule has 0 aliphatic rings. The SMILES string of the molecule is CCCC(C)NC(=O)C(C)S(=O)(=O)C(C)(C)C(=O)O. The predicted octanol–water partition coefficient (Wildman–Crippen LogP) is 0.958. The third-order valence-electron chi connectivity index (χ3n) is 3.17. The van der Waals surface area contributed by atoms with E-state index in [1.165, 1.54) is 6.92 Å². The molecular formula is C12H23NO5S. The molecule has 1 amide bonds. The number of amides is 1. The second kappa shape index (κ2) is 6.36. The summed E-state index contributed by atoms with van der Waals surface area (Å²) in [5, 5.41) is 10.2. The molecular weight excluding hydrogens is 270 g/mol. The summed E-state index contributed by atoms with van der Waals surface area (Å²) < 4.78 is 22.3. The lowest BCUT2D eigenvalue weighted by Gasteiger charge is -2.25. The zero-order valence-corrected chi connectivity index (χ0v) is 12.9. The molecule has 2 atom stereocenters. The maximum atomic E-state index is 12.1. The molecule has 0 rings (SSSR count). The first-order valence-electron chi connectivity index (χ1n) is 6.25. The minimum Gasteiger partial charge on any atom is -0.480 e. The number of rotatable bonds is 7. The van der Waals surface area contributed by atoms with E-state index in [0.29, 0.717) is 0 Å². The Kier molecular flexibility index (Phi) is 5.99. The number of carboxylic acid groups (broad SMARTS) is 1. The van der Waals surface area contributed by atoms with Gasteiger partial charge in [-0.15, -0.1) is 0 Å². The van der Waals surface area contributed by atoms with Crippen LogP contribution in [0.15, 0.2) is 0 Å². The molecule has 0 aliphatic carbocycles. The van der Waals surface area contributed by atoms with Crippen LogP contribution >= 0.6 is 0 Å². The number of aliphatic carboxylic acids is 1. The highest BCUT2D eigenvalue weighted by molar-refractivity contribution is 7.94. The summed E-state index contributed by atoms with van der Waals surface area (Å²) in [5.74, 6) is -2.12. The van der Waals surface area contributed by atoms with Crippen molar-refractivity contribution in [1.29, 1.82) is 0 Å². The van der Waals surface area contributed by atoms with Gasteiger partial charge in [-0.05, 0) is 34.1 Å². The molecule has 0 fully saturated rings. The molecule has 0 saturated carbocycles. The summed E-state index contributed by atoms with van der Waals surface area (Å²) in [5.41, 5.74) is 0. The fourth-order valence-corrected chi connectivity index (χ4v) is 3.05. The molecule has 0 aromatic rings. The zero-order valence-electron chi connectivity index (χ0n) is 12.1. The van der Waals surface area contributed by atoms with Gasteiger partial charge in [0.15, 0.2) is 14.6 Å². The van der Waals surface area contributed by atoms with Gasteiger partial charge in [0.1, 0.15) is 5.25 Å². The van der Waals surface area contributed by atoms with E-state index in [1.54, 1.807) is 6.92 Å². The highest BCUT2D eigenvalue weighted by Gasteiger charge is 2.47. The third kappa shape index (κ3) is 3.92. The molecule has 6 nitrogen and oxygen atoms in total.